The second-order valence-corrected chi connectivity index (χ2v) is 4.46. The third-order valence-corrected chi connectivity index (χ3v) is 3.23. The van der Waals surface area contributed by atoms with Crippen LogP contribution in [0, 0.1) is 5.41 Å². The summed E-state index contributed by atoms with van der Waals surface area (Å²) in [6.45, 7) is 3.60. The van der Waals surface area contributed by atoms with Crippen LogP contribution in [0.25, 0.3) is 0 Å². The van der Waals surface area contributed by atoms with Crippen molar-refractivity contribution >= 4 is 11.9 Å². The lowest BCUT2D eigenvalue weighted by molar-refractivity contribution is -0.162. The van der Waals surface area contributed by atoms with Crippen molar-refractivity contribution in [3.05, 3.63) is 0 Å². The fraction of sp³-hybridized carbons (Fsp3) is 0.833. The Kier molecular flexibility index (Phi) is 5.41. The fourth-order valence-corrected chi connectivity index (χ4v) is 1.82. The molecule has 0 aromatic carbocycles. The van der Waals surface area contributed by atoms with Gasteiger partial charge in [-0.2, -0.15) is 0 Å². The minimum Gasteiger partial charge on any atom is -0.480 e. The summed E-state index contributed by atoms with van der Waals surface area (Å²) in [5.74, 6) is -1.37. The summed E-state index contributed by atoms with van der Waals surface area (Å²) < 4.78 is 5.29. The largest absolute Gasteiger partial charge is 0.480 e. The van der Waals surface area contributed by atoms with Gasteiger partial charge in [0.1, 0.15) is 5.41 Å². The molecule has 0 heterocycles. The van der Waals surface area contributed by atoms with E-state index in [1.165, 1.54) is 0 Å². The maximum absolute atomic E-state index is 11.7. The lowest BCUT2D eigenvalue weighted by atomic mass is 9.68. The number of carbonyl (C=O) groups is 2. The summed E-state index contributed by atoms with van der Waals surface area (Å²) in [4.78, 5) is 22.8. The molecule has 5 heteroatoms. The van der Waals surface area contributed by atoms with E-state index in [0.29, 0.717) is 32.6 Å². The lowest BCUT2D eigenvalue weighted by Crippen LogP contribution is -2.51. The number of carboxylic acids is 1. The first-order chi connectivity index (χ1) is 8.13. The number of hydrogen-bond donors (Lipinski definition) is 2. The van der Waals surface area contributed by atoms with Crippen molar-refractivity contribution in [3.63, 3.8) is 0 Å². The van der Waals surface area contributed by atoms with Crippen molar-refractivity contribution in [2.24, 2.45) is 5.41 Å². The summed E-state index contributed by atoms with van der Waals surface area (Å²) in [6, 6.07) is 0. The molecule has 1 fully saturated rings. The molecule has 0 aromatic heterocycles. The molecular weight excluding hydrogens is 222 g/mol. The van der Waals surface area contributed by atoms with Crippen molar-refractivity contribution in [1.29, 1.82) is 0 Å². The van der Waals surface area contributed by atoms with Gasteiger partial charge in [0.25, 0.3) is 0 Å². The Hall–Kier alpha value is -1.10. The quantitative estimate of drug-likeness (QED) is 0.495. The second kappa shape index (κ2) is 6.59. The molecule has 1 aliphatic rings. The number of hydrogen-bond acceptors (Lipinski definition) is 3. The molecule has 1 saturated carbocycles. The number of ether oxygens (including phenoxy) is 1. The van der Waals surface area contributed by atoms with E-state index in [0.717, 1.165) is 19.3 Å². The van der Waals surface area contributed by atoms with Gasteiger partial charge < -0.3 is 15.2 Å². The van der Waals surface area contributed by atoms with E-state index in [-0.39, 0.29) is 5.91 Å². The average molecular weight is 243 g/mol. The van der Waals surface area contributed by atoms with Gasteiger partial charge in [-0.15, -0.1) is 0 Å². The van der Waals surface area contributed by atoms with E-state index in [1.807, 2.05) is 0 Å². The summed E-state index contributed by atoms with van der Waals surface area (Å²) in [7, 11) is 0. The number of rotatable bonds is 8. The number of amides is 1. The van der Waals surface area contributed by atoms with Gasteiger partial charge in [0, 0.05) is 13.2 Å². The summed E-state index contributed by atoms with van der Waals surface area (Å²) >= 11 is 0. The van der Waals surface area contributed by atoms with Gasteiger partial charge in [-0.25, -0.2) is 0 Å². The van der Waals surface area contributed by atoms with Gasteiger partial charge in [-0.3, -0.25) is 9.59 Å². The average Bonchev–Trinajstić information content (AvgIpc) is 2.21. The van der Waals surface area contributed by atoms with Crippen molar-refractivity contribution < 1.29 is 19.4 Å². The van der Waals surface area contributed by atoms with Crippen LogP contribution in [0.15, 0.2) is 0 Å². The van der Waals surface area contributed by atoms with Crippen LogP contribution in [-0.2, 0) is 14.3 Å². The maximum atomic E-state index is 11.7. The number of unbranched alkanes of at least 4 members (excludes halogenated alkanes) is 1. The van der Waals surface area contributed by atoms with Crippen LogP contribution in [-0.4, -0.2) is 36.7 Å². The predicted octanol–water partition coefficient (Wildman–Crippen LogP) is 1.17. The summed E-state index contributed by atoms with van der Waals surface area (Å²) in [6.07, 6.45) is 3.80. The molecule has 98 valence electrons. The highest BCUT2D eigenvalue weighted by atomic mass is 16.5. The van der Waals surface area contributed by atoms with Crippen LogP contribution in [0.5, 0.6) is 0 Å². The Morgan fingerprint density at radius 1 is 1.35 bits per heavy atom. The summed E-state index contributed by atoms with van der Waals surface area (Å²) in [5, 5.41) is 11.7. The minimum absolute atomic E-state index is 0.365. The topological polar surface area (TPSA) is 75.6 Å². The Morgan fingerprint density at radius 3 is 2.53 bits per heavy atom. The van der Waals surface area contributed by atoms with Gasteiger partial charge in [-0.05, 0) is 19.3 Å². The zero-order chi connectivity index (χ0) is 12.7. The molecule has 0 bridgehead atoms. The Morgan fingerprint density at radius 2 is 2.06 bits per heavy atom. The minimum atomic E-state index is -1.16. The molecule has 0 aromatic rings. The smallest absolute Gasteiger partial charge is 0.319 e. The Bertz CT molecular complexity index is 274. The van der Waals surface area contributed by atoms with E-state index in [1.54, 1.807) is 0 Å². The van der Waals surface area contributed by atoms with E-state index >= 15 is 0 Å². The molecule has 0 spiro atoms. The van der Waals surface area contributed by atoms with Gasteiger partial charge in [0.15, 0.2) is 0 Å². The first-order valence-electron chi connectivity index (χ1n) is 6.23. The molecule has 5 nitrogen and oxygen atoms in total. The second-order valence-electron chi connectivity index (χ2n) is 4.46. The molecule has 1 amide bonds. The van der Waals surface area contributed by atoms with E-state index in [9.17, 15) is 9.59 Å². The van der Waals surface area contributed by atoms with Crippen molar-refractivity contribution in [1.82, 2.24) is 5.32 Å². The van der Waals surface area contributed by atoms with E-state index in [2.05, 4.69) is 12.2 Å². The van der Waals surface area contributed by atoms with Gasteiger partial charge >= 0.3 is 5.97 Å². The fourth-order valence-electron chi connectivity index (χ4n) is 1.82. The number of nitrogens with one attached hydrogen (secondary N) is 1. The predicted molar refractivity (Wildman–Crippen MR) is 62.7 cm³/mol. The third kappa shape index (κ3) is 3.43. The Labute approximate surface area is 102 Å². The highest BCUT2D eigenvalue weighted by molar-refractivity contribution is 6.02. The lowest BCUT2D eigenvalue weighted by Gasteiger charge is -2.35. The van der Waals surface area contributed by atoms with Crippen LogP contribution in [0.3, 0.4) is 0 Å². The molecule has 0 unspecified atom stereocenters. The Balaban J connectivity index is 2.18. The molecule has 0 saturated heterocycles. The molecule has 0 radical (unpaired) electrons. The van der Waals surface area contributed by atoms with Crippen LogP contribution < -0.4 is 5.32 Å². The maximum Gasteiger partial charge on any atom is 0.319 e. The number of carbonyl (C=O) groups excluding carboxylic acids is 1. The molecule has 1 rings (SSSR count). The molecule has 0 atom stereocenters. The normalized spacial score (nSPS) is 17.2. The third-order valence-electron chi connectivity index (χ3n) is 3.23. The van der Waals surface area contributed by atoms with Crippen molar-refractivity contribution in [2.45, 2.75) is 39.0 Å². The van der Waals surface area contributed by atoms with Crippen molar-refractivity contribution in [2.75, 3.05) is 19.8 Å². The van der Waals surface area contributed by atoms with Gasteiger partial charge in [-0.1, -0.05) is 19.8 Å². The highest BCUT2D eigenvalue weighted by Crippen LogP contribution is 2.41. The molecule has 2 N–H and O–H groups in total. The molecule has 1 aliphatic carbocycles. The number of carboxylic acid groups (broad SMARTS) is 1. The SMILES string of the molecule is CCCCOCCNC(=O)C1(C(=O)O)CCC1. The first-order valence-corrected chi connectivity index (χ1v) is 6.23. The zero-order valence-corrected chi connectivity index (χ0v) is 10.3. The molecule has 0 aliphatic heterocycles. The van der Waals surface area contributed by atoms with Crippen LogP contribution >= 0.6 is 0 Å². The standard InChI is InChI=1S/C12H21NO4/c1-2-3-8-17-9-7-13-10(14)12(11(15)16)5-4-6-12/h2-9H2,1H3,(H,13,14)(H,15,16). The highest BCUT2D eigenvalue weighted by Gasteiger charge is 2.50. The number of aliphatic carboxylic acids is 1. The van der Waals surface area contributed by atoms with E-state index < -0.39 is 11.4 Å². The van der Waals surface area contributed by atoms with Crippen molar-refractivity contribution in [3.8, 4) is 0 Å². The monoisotopic (exact) mass is 243 g/mol. The van der Waals surface area contributed by atoms with E-state index in [4.69, 9.17) is 9.84 Å². The van der Waals surface area contributed by atoms with Crippen LogP contribution in [0.4, 0.5) is 0 Å². The van der Waals surface area contributed by atoms with Crippen LogP contribution in [0.2, 0.25) is 0 Å². The van der Waals surface area contributed by atoms with Gasteiger partial charge in [0.05, 0.1) is 6.61 Å². The molecule has 17 heavy (non-hydrogen) atoms. The zero-order valence-electron chi connectivity index (χ0n) is 10.3. The summed E-state index contributed by atoms with van der Waals surface area (Å²) in [5.41, 5.74) is -1.16. The first kappa shape index (κ1) is 14.0. The van der Waals surface area contributed by atoms with Gasteiger partial charge in [0.2, 0.25) is 5.91 Å². The molecular formula is C12H21NO4. The van der Waals surface area contributed by atoms with Crippen LogP contribution in [0.1, 0.15) is 39.0 Å².